The Kier molecular flexibility index (Phi) is 4.66. The molecular formula is C17H24N6O2S. The molecule has 0 N–H and O–H groups in total. The van der Waals surface area contributed by atoms with E-state index in [9.17, 15) is 9.59 Å². The first-order valence-corrected chi connectivity index (χ1v) is 9.96. The molecular weight excluding hydrogens is 352 g/mol. The number of fused-ring (bicyclic) bond motifs is 1. The van der Waals surface area contributed by atoms with Crippen LogP contribution in [-0.4, -0.2) is 76.6 Å². The standard InChI is InChI=1S/C17H24N6O2S/c1-12-4-3-5-22(11-12)17-19-23-13(10-14(24)18-16(23)26-17)15(25)21-8-6-20(2)7-9-21/h10,12H,3-9,11H2,1-2H3. The first-order chi connectivity index (χ1) is 12.5. The van der Waals surface area contributed by atoms with Gasteiger partial charge in [-0.2, -0.15) is 9.50 Å². The molecule has 4 rings (SSSR count). The van der Waals surface area contributed by atoms with Crippen molar-refractivity contribution in [2.75, 3.05) is 51.2 Å². The third-order valence-electron chi connectivity index (χ3n) is 5.18. The Morgan fingerprint density at radius 1 is 1.23 bits per heavy atom. The van der Waals surface area contributed by atoms with E-state index in [1.165, 1.54) is 23.8 Å². The van der Waals surface area contributed by atoms with Crippen molar-refractivity contribution in [1.29, 1.82) is 0 Å². The van der Waals surface area contributed by atoms with Gasteiger partial charge in [-0.15, -0.1) is 5.10 Å². The highest BCUT2D eigenvalue weighted by Crippen LogP contribution is 2.27. The Morgan fingerprint density at radius 3 is 2.73 bits per heavy atom. The van der Waals surface area contributed by atoms with Crippen molar-refractivity contribution in [3.8, 4) is 0 Å². The van der Waals surface area contributed by atoms with E-state index in [2.05, 4.69) is 26.8 Å². The van der Waals surface area contributed by atoms with Gasteiger partial charge in [0, 0.05) is 45.3 Å². The van der Waals surface area contributed by atoms with Gasteiger partial charge in [0.15, 0.2) is 0 Å². The zero-order valence-electron chi connectivity index (χ0n) is 15.2. The molecule has 2 aromatic rings. The highest BCUT2D eigenvalue weighted by molar-refractivity contribution is 7.20. The van der Waals surface area contributed by atoms with Crippen LogP contribution < -0.4 is 10.5 Å². The van der Waals surface area contributed by atoms with E-state index >= 15 is 0 Å². The van der Waals surface area contributed by atoms with Crippen LogP contribution >= 0.6 is 11.3 Å². The molecule has 0 aromatic carbocycles. The van der Waals surface area contributed by atoms with Gasteiger partial charge in [0.2, 0.25) is 10.1 Å². The highest BCUT2D eigenvalue weighted by atomic mass is 32.1. The molecule has 0 spiro atoms. The minimum atomic E-state index is -0.385. The van der Waals surface area contributed by atoms with Gasteiger partial charge >= 0.3 is 0 Å². The Balaban J connectivity index is 1.68. The third-order valence-corrected chi connectivity index (χ3v) is 6.15. The van der Waals surface area contributed by atoms with Gasteiger partial charge in [0.25, 0.3) is 11.5 Å². The topological polar surface area (TPSA) is 74.1 Å². The first-order valence-electron chi connectivity index (χ1n) is 9.15. The van der Waals surface area contributed by atoms with Gasteiger partial charge in [-0.25, -0.2) is 0 Å². The summed E-state index contributed by atoms with van der Waals surface area (Å²) in [5, 5.41) is 5.48. The molecule has 0 saturated carbocycles. The van der Waals surface area contributed by atoms with Crippen LogP contribution in [0.1, 0.15) is 30.3 Å². The Labute approximate surface area is 156 Å². The van der Waals surface area contributed by atoms with Crippen molar-refractivity contribution < 1.29 is 4.79 Å². The molecule has 1 unspecified atom stereocenters. The largest absolute Gasteiger partial charge is 0.346 e. The lowest BCUT2D eigenvalue weighted by molar-refractivity contribution is 0.0655. The molecule has 26 heavy (non-hydrogen) atoms. The molecule has 1 amide bonds. The summed E-state index contributed by atoms with van der Waals surface area (Å²) in [4.78, 5) is 35.8. The minimum absolute atomic E-state index is 0.142. The average molecular weight is 376 g/mol. The second-order valence-corrected chi connectivity index (χ2v) is 8.28. The molecule has 2 aliphatic heterocycles. The second-order valence-electron chi connectivity index (χ2n) is 7.35. The van der Waals surface area contributed by atoms with Crippen LogP contribution in [0.4, 0.5) is 5.13 Å². The summed E-state index contributed by atoms with van der Waals surface area (Å²) in [6.07, 6.45) is 2.36. The Hall–Kier alpha value is -2.00. The van der Waals surface area contributed by atoms with Gasteiger partial charge in [-0.05, 0) is 25.8 Å². The lowest BCUT2D eigenvalue weighted by Gasteiger charge is -2.32. The number of nitrogens with zero attached hydrogens (tertiary/aromatic N) is 6. The summed E-state index contributed by atoms with van der Waals surface area (Å²) in [5.41, 5.74) is -0.0678. The van der Waals surface area contributed by atoms with Gasteiger partial charge in [0.1, 0.15) is 5.69 Å². The average Bonchev–Trinajstić information content (AvgIpc) is 3.05. The number of piperazine rings is 1. The molecule has 2 aromatic heterocycles. The van der Waals surface area contributed by atoms with E-state index in [4.69, 9.17) is 0 Å². The van der Waals surface area contributed by atoms with Crippen molar-refractivity contribution in [2.45, 2.75) is 19.8 Å². The molecule has 9 heteroatoms. The van der Waals surface area contributed by atoms with E-state index < -0.39 is 0 Å². The van der Waals surface area contributed by atoms with E-state index in [1.807, 2.05) is 7.05 Å². The lowest BCUT2D eigenvalue weighted by Crippen LogP contribution is -2.47. The summed E-state index contributed by atoms with van der Waals surface area (Å²) in [6.45, 7) is 7.14. The predicted molar refractivity (Wildman–Crippen MR) is 101 cm³/mol. The Bertz CT molecular complexity index is 870. The van der Waals surface area contributed by atoms with Crippen LogP contribution in [0, 0.1) is 5.92 Å². The summed E-state index contributed by atoms with van der Waals surface area (Å²) < 4.78 is 1.56. The number of hydrogen-bond acceptors (Lipinski definition) is 7. The zero-order chi connectivity index (χ0) is 18.3. The molecule has 0 bridgehead atoms. The molecule has 2 fully saturated rings. The number of piperidine rings is 1. The number of rotatable bonds is 2. The fraction of sp³-hybridized carbons (Fsp3) is 0.647. The number of carbonyl (C=O) groups is 1. The fourth-order valence-electron chi connectivity index (χ4n) is 3.62. The van der Waals surface area contributed by atoms with Crippen LogP contribution in [0.2, 0.25) is 0 Å². The molecule has 0 aliphatic carbocycles. The van der Waals surface area contributed by atoms with Crippen molar-refractivity contribution in [1.82, 2.24) is 24.4 Å². The molecule has 2 aliphatic rings. The van der Waals surface area contributed by atoms with Crippen LogP contribution in [0.3, 0.4) is 0 Å². The second kappa shape index (κ2) is 6.96. The van der Waals surface area contributed by atoms with Crippen LogP contribution in [0.25, 0.3) is 4.96 Å². The molecule has 1 atom stereocenters. The van der Waals surface area contributed by atoms with Gasteiger partial charge in [-0.3, -0.25) is 9.59 Å². The van der Waals surface area contributed by atoms with E-state index in [-0.39, 0.29) is 11.5 Å². The van der Waals surface area contributed by atoms with Crippen molar-refractivity contribution in [2.24, 2.45) is 5.92 Å². The van der Waals surface area contributed by atoms with E-state index in [0.29, 0.717) is 29.7 Å². The molecule has 8 nitrogen and oxygen atoms in total. The summed E-state index contributed by atoms with van der Waals surface area (Å²) in [5.74, 6) is 0.478. The van der Waals surface area contributed by atoms with Crippen molar-refractivity contribution >= 4 is 27.3 Å². The van der Waals surface area contributed by atoms with Crippen molar-refractivity contribution in [3.05, 3.63) is 22.1 Å². The summed E-state index contributed by atoms with van der Waals surface area (Å²) >= 11 is 1.39. The van der Waals surface area contributed by atoms with E-state index in [0.717, 1.165) is 37.7 Å². The Morgan fingerprint density at radius 2 is 2.00 bits per heavy atom. The van der Waals surface area contributed by atoms with Gasteiger partial charge in [0.05, 0.1) is 0 Å². The number of aromatic nitrogens is 3. The number of hydrogen-bond donors (Lipinski definition) is 0. The number of likely N-dealkylation sites (N-methyl/N-ethyl adjacent to an activating group) is 1. The predicted octanol–water partition coefficient (Wildman–Crippen LogP) is 0.775. The van der Waals surface area contributed by atoms with Gasteiger partial charge in [-0.1, -0.05) is 18.3 Å². The quantitative estimate of drug-likeness (QED) is 0.771. The van der Waals surface area contributed by atoms with Gasteiger partial charge < -0.3 is 14.7 Å². The van der Waals surface area contributed by atoms with Crippen LogP contribution in [0.5, 0.6) is 0 Å². The van der Waals surface area contributed by atoms with Crippen LogP contribution in [-0.2, 0) is 0 Å². The number of anilines is 1. The number of carbonyl (C=O) groups excluding carboxylic acids is 1. The normalized spacial score (nSPS) is 22.2. The highest BCUT2D eigenvalue weighted by Gasteiger charge is 2.26. The SMILES string of the molecule is CC1CCCN(c2nn3c(C(=O)N4CCN(C)CC4)cc(=O)nc3s2)C1. The third kappa shape index (κ3) is 3.33. The maximum atomic E-state index is 13.0. The molecule has 4 heterocycles. The summed E-state index contributed by atoms with van der Waals surface area (Å²) in [7, 11) is 2.04. The monoisotopic (exact) mass is 376 g/mol. The molecule has 0 radical (unpaired) electrons. The first kappa shape index (κ1) is 17.4. The maximum Gasteiger partial charge on any atom is 0.274 e. The molecule has 140 valence electrons. The van der Waals surface area contributed by atoms with Crippen molar-refractivity contribution in [3.63, 3.8) is 0 Å². The molecule has 2 saturated heterocycles. The fourth-order valence-corrected chi connectivity index (χ4v) is 4.56. The zero-order valence-corrected chi connectivity index (χ0v) is 16.0. The minimum Gasteiger partial charge on any atom is -0.346 e. The van der Waals surface area contributed by atoms with E-state index in [1.54, 1.807) is 9.42 Å². The van der Waals surface area contributed by atoms with Crippen LogP contribution in [0.15, 0.2) is 10.9 Å². The maximum absolute atomic E-state index is 13.0. The smallest absolute Gasteiger partial charge is 0.274 e. The lowest BCUT2D eigenvalue weighted by atomic mass is 10.0. The summed E-state index contributed by atoms with van der Waals surface area (Å²) in [6, 6.07) is 1.32. The number of amides is 1.